The summed E-state index contributed by atoms with van der Waals surface area (Å²) in [5.74, 6) is -0.974. The number of esters is 2. The number of thiocarbonyl (C=S) groups is 1. The number of hydrogen-bond donors (Lipinski definition) is 2. The van der Waals surface area contributed by atoms with E-state index in [1.807, 2.05) is 31.2 Å². The van der Waals surface area contributed by atoms with Gasteiger partial charge < -0.3 is 20.1 Å². The van der Waals surface area contributed by atoms with E-state index in [-0.39, 0.29) is 13.2 Å². The molecule has 0 spiro atoms. The predicted octanol–water partition coefficient (Wildman–Crippen LogP) is 4.20. The second-order valence-corrected chi connectivity index (χ2v) is 7.42. The van der Waals surface area contributed by atoms with Gasteiger partial charge in [-0.1, -0.05) is 29.8 Å². The Hall–Kier alpha value is -2.45. The lowest BCUT2D eigenvalue weighted by atomic mass is 10.1. The molecule has 0 aliphatic carbocycles. The van der Waals surface area contributed by atoms with E-state index < -0.39 is 11.9 Å². The zero-order valence-corrected chi connectivity index (χ0v) is 18.0. The van der Waals surface area contributed by atoms with Crippen molar-refractivity contribution in [3.05, 3.63) is 51.4 Å². The van der Waals surface area contributed by atoms with Gasteiger partial charge in [0, 0.05) is 6.54 Å². The predicted molar refractivity (Wildman–Crippen MR) is 115 cm³/mol. The van der Waals surface area contributed by atoms with Gasteiger partial charge >= 0.3 is 11.9 Å². The molecular formula is C20H24N2O4S2. The standard InChI is InChI=1S/C20H24N2O4S2/c1-5-25-18(23)15-13(4)16(19(24)26-6-2)28-17(15)22-20(27)21-11-14-9-7-12(3)8-10-14/h7-10H,5-6,11H2,1-4H3,(H2,21,22,27). The second-order valence-electron chi connectivity index (χ2n) is 5.99. The molecule has 0 fully saturated rings. The fourth-order valence-electron chi connectivity index (χ4n) is 2.48. The molecule has 0 amide bonds. The van der Waals surface area contributed by atoms with Gasteiger partial charge in [0.25, 0.3) is 0 Å². The number of aryl methyl sites for hydroxylation is 1. The largest absolute Gasteiger partial charge is 0.462 e. The van der Waals surface area contributed by atoms with E-state index in [2.05, 4.69) is 10.6 Å². The van der Waals surface area contributed by atoms with Crippen molar-refractivity contribution in [1.29, 1.82) is 0 Å². The van der Waals surface area contributed by atoms with Gasteiger partial charge in [0.05, 0.1) is 18.8 Å². The summed E-state index contributed by atoms with van der Waals surface area (Å²) in [6, 6.07) is 8.09. The summed E-state index contributed by atoms with van der Waals surface area (Å²) < 4.78 is 10.2. The normalized spacial score (nSPS) is 10.3. The maximum Gasteiger partial charge on any atom is 0.348 e. The molecule has 2 N–H and O–H groups in total. The number of ether oxygens (including phenoxy) is 2. The molecule has 2 aromatic rings. The van der Waals surface area contributed by atoms with Crippen LogP contribution in [0.2, 0.25) is 0 Å². The molecule has 0 unspecified atom stereocenters. The summed E-state index contributed by atoms with van der Waals surface area (Å²) in [6.07, 6.45) is 0. The third-order valence-corrected chi connectivity index (χ3v) is 5.32. The molecule has 0 aliphatic rings. The smallest absolute Gasteiger partial charge is 0.348 e. The highest BCUT2D eigenvalue weighted by Crippen LogP contribution is 2.34. The van der Waals surface area contributed by atoms with E-state index in [0.29, 0.717) is 32.7 Å². The van der Waals surface area contributed by atoms with Gasteiger partial charge in [-0.2, -0.15) is 0 Å². The SMILES string of the molecule is CCOC(=O)c1sc(NC(=S)NCc2ccc(C)cc2)c(C(=O)OCC)c1C. The third kappa shape index (κ3) is 5.53. The van der Waals surface area contributed by atoms with E-state index in [0.717, 1.165) is 16.9 Å². The number of carbonyl (C=O) groups is 2. The Balaban J connectivity index is 2.18. The maximum atomic E-state index is 12.4. The van der Waals surface area contributed by atoms with Gasteiger partial charge in [-0.3, -0.25) is 0 Å². The van der Waals surface area contributed by atoms with Gasteiger partial charge in [-0.25, -0.2) is 9.59 Å². The molecule has 28 heavy (non-hydrogen) atoms. The molecule has 0 saturated carbocycles. The highest BCUT2D eigenvalue weighted by atomic mass is 32.1. The fraction of sp³-hybridized carbons (Fsp3) is 0.350. The number of thiophene rings is 1. The summed E-state index contributed by atoms with van der Waals surface area (Å²) in [5, 5.41) is 6.94. The van der Waals surface area contributed by atoms with Crippen LogP contribution in [-0.4, -0.2) is 30.3 Å². The minimum atomic E-state index is -0.504. The first-order valence-electron chi connectivity index (χ1n) is 8.95. The van der Waals surface area contributed by atoms with Crippen LogP contribution in [0, 0.1) is 13.8 Å². The van der Waals surface area contributed by atoms with Crippen LogP contribution in [0.15, 0.2) is 24.3 Å². The van der Waals surface area contributed by atoms with Gasteiger partial charge in [0.2, 0.25) is 0 Å². The first-order chi connectivity index (χ1) is 13.4. The molecule has 150 valence electrons. The van der Waals surface area contributed by atoms with E-state index >= 15 is 0 Å². The minimum Gasteiger partial charge on any atom is -0.462 e. The monoisotopic (exact) mass is 420 g/mol. The van der Waals surface area contributed by atoms with Crippen LogP contribution in [0.4, 0.5) is 5.00 Å². The van der Waals surface area contributed by atoms with E-state index in [4.69, 9.17) is 21.7 Å². The number of benzene rings is 1. The van der Waals surface area contributed by atoms with Crippen LogP contribution >= 0.6 is 23.6 Å². The molecule has 2 rings (SSSR count). The van der Waals surface area contributed by atoms with Crippen molar-refractivity contribution in [1.82, 2.24) is 5.32 Å². The fourth-order valence-corrected chi connectivity index (χ4v) is 3.81. The summed E-state index contributed by atoms with van der Waals surface area (Å²) >= 11 is 6.48. The van der Waals surface area contributed by atoms with Gasteiger partial charge in [-0.05, 0) is 51.0 Å². The quantitative estimate of drug-likeness (QED) is 0.513. The number of carbonyl (C=O) groups excluding carboxylic acids is 2. The first-order valence-corrected chi connectivity index (χ1v) is 10.2. The first kappa shape index (κ1) is 21.8. The van der Waals surface area contributed by atoms with E-state index in [1.165, 1.54) is 5.56 Å². The maximum absolute atomic E-state index is 12.4. The minimum absolute atomic E-state index is 0.235. The Labute approximate surface area is 174 Å². The molecular weight excluding hydrogens is 396 g/mol. The molecule has 0 aliphatic heterocycles. The van der Waals surface area contributed by atoms with Crippen LogP contribution < -0.4 is 10.6 Å². The number of rotatable bonds is 7. The molecule has 0 bridgehead atoms. The molecule has 1 aromatic carbocycles. The molecule has 1 heterocycles. The summed E-state index contributed by atoms with van der Waals surface area (Å²) in [6.45, 7) is 8.21. The Kier molecular flexibility index (Phi) is 7.95. The van der Waals surface area contributed by atoms with Crippen molar-refractivity contribution in [3.8, 4) is 0 Å². The van der Waals surface area contributed by atoms with Crippen molar-refractivity contribution < 1.29 is 19.1 Å². The summed E-state index contributed by atoms with van der Waals surface area (Å²) in [7, 11) is 0. The Bertz CT molecular complexity index is 860. The van der Waals surface area contributed by atoms with Crippen LogP contribution in [0.5, 0.6) is 0 Å². The Morgan fingerprint density at radius 1 is 1.04 bits per heavy atom. The van der Waals surface area contributed by atoms with E-state index in [9.17, 15) is 9.59 Å². The van der Waals surface area contributed by atoms with E-state index in [1.54, 1.807) is 20.8 Å². The Morgan fingerprint density at radius 3 is 2.25 bits per heavy atom. The van der Waals surface area contributed by atoms with Gasteiger partial charge in [0.1, 0.15) is 9.88 Å². The highest BCUT2D eigenvalue weighted by Gasteiger charge is 2.26. The van der Waals surface area contributed by atoms with Crippen molar-refractivity contribution in [3.63, 3.8) is 0 Å². The molecule has 0 radical (unpaired) electrons. The zero-order valence-electron chi connectivity index (χ0n) is 16.4. The number of anilines is 1. The zero-order chi connectivity index (χ0) is 20.7. The van der Waals surface area contributed by atoms with Crippen molar-refractivity contribution in [2.24, 2.45) is 0 Å². The lowest BCUT2D eigenvalue weighted by Crippen LogP contribution is -2.28. The average Bonchev–Trinajstić information content (AvgIpc) is 2.97. The summed E-state index contributed by atoms with van der Waals surface area (Å²) in [4.78, 5) is 25.0. The lowest BCUT2D eigenvalue weighted by Gasteiger charge is -2.11. The molecule has 6 nitrogen and oxygen atoms in total. The number of hydrogen-bond acceptors (Lipinski definition) is 6. The molecule has 0 atom stereocenters. The topological polar surface area (TPSA) is 76.7 Å². The van der Waals surface area contributed by atoms with Crippen LogP contribution in [0.25, 0.3) is 0 Å². The second kappa shape index (κ2) is 10.2. The van der Waals surface area contributed by atoms with Gasteiger partial charge in [-0.15, -0.1) is 11.3 Å². The molecule has 8 heteroatoms. The number of nitrogens with one attached hydrogen (secondary N) is 2. The highest BCUT2D eigenvalue weighted by molar-refractivity contribution is 7.80. The van der Waals surface area contributed by atoms with Crippen molar-refractivity contribution >= 4 is 45.6 Å². The lowest BCUT2D eigenvalue weighted by molar-refractivity contribution is 0.0527. The molecule has 0 saturated heterocycles. The third-order valence-electron chi connectivity index (χ3n) is 3.89. The van der Waals surface area contributed by atoms with Crippen molar-refractivity contribution in [2.45, 2.75) is 34.2 Å². The van der Waals surface area contributed by atoms with Crippen LogP contribution in [-0.2, 0) is 16.0 Å². The molecule has 1 aromatic heterocycles. The summed E-state index contributed by atoms with van der Waals surface area (Å²) in [5.41, 5.74) is 3.08. The average molecular weight is 421 g/mol. The van der Waals surface area contributed by atoms with Gasteiger partial charge in [0.15, 0.2) is 5.11 Å². The van der Waals surface area contributed by atoms with Crippen LogP contribution in [0.1, 0.15) is 50.6 Å². The Morgan fingerprint density at radius 2 is 1.64 bits per heavy atom. The van der Waals surface area contributed by atoms with Crippen molar-refractivity contribution in [2.75, 3.05) is 18.5 Å². The van der Waals surface area contributed by atoms with Crippen LogP contribution in [0.3, 0.4) is 0 Å².